The third-order valence-corrected chi connectivity index (χ3v) is 3.33. The van der Waals surface area contributed by atoms with Crippen molar-refractivity contribution < 1.29 is 9.50 Å². The van der Waals surface area contributed by atoms with Gasteiger partial charge in [-0.2, -0.15) is 0 Å². The van der Waals surface area contributed by atoms with Crippen LogP contribution in [0.2, 0.25) is 0 Å². The van der Waals surface area contributed by atoms with Gasteiger partial charge in [0.05, 0.1) is 5.69 Å². The van der Waals surface area contributed by atoms with Gasteiger partial charge in [-0.3, -0.25) is 4.99 Å². The Morgan fingerprint density at radius 2 is 1.55 bits per heavy atom. The molecular weight excluding hydrogens is 277 g/mol. The Hall–Kier alpha value is -2.94. The smallest absolute Gasteiger partial charge is 0.148 e. The van der Waals surface area contributed by atoms with E-state index < -0.39 is 5.82 Å². The monoisotopic (exact) mass is 291 g/mol. The van der Waals surface area contributed by atoms with E-state index in [0.717, 1.165) is 11.1 Å². The number of hydrogen-bond acceptors (Lipinski definition) is 2. The lowest BCUT2D eigenvalue weighted by molar-refractivity contribution is 0.474. The van der Waals surface area contributed by atoms with Gasteiger partial charge in [0.25, 0.3) is 0 Å². The molecular formula is C19H14FNO. The highest BCUT2D eigenvalue weighted by Crippen LogP contribution is 2.25. The van der Waals surface area contributed by atoms with Crippen LogP contribution >= 0.6 is 0 Å². The molecule has 0 aliphatic carbocycles. The second-order valence-electron chi connectivity index (χ2n) is 4.85. The number of benzene rings is 3. The summed E-state index contributed by atoms with van der Waals surface area (Å²) in [6.45, 7) is 0. The molecule has 0 saturated carbocycles. The van der Waals surface area contributed by atoms with E-state index in [1.54, 1.807) is 24.3 Å². The molecule has 108 valence electrons. The van der Waals surface area contributed by atoms with Gasteiger partial charge in [-0.05, 0) is 35.4 Å². The zero-order valence-corrected chi connectivity index (χ0v) is 11.8. The molecule has 1 N–H and O–H groups in total. The van der Waals surface area contributed by atoms with Gasteiger partial charge in [-0.1, -0.05) is 48.5 Å². The molecule has 2 nitrogen and oxygen atoms in total. The molecule has 3 heteroatoms. The van der Waals surface area contributed by atoms with E-state index >= 15 is 0 Å². The highest BCUT2D eigenvalue weighted by Gasteiger charge is 2.03. The van der Waals surface area contributed by atoms with Gasteiger partial charge in [0, 0.05) is 11.8 Å². The number of rotatable bonds is 3. The average Bonchev–Trinajstić information content (AvgIpc) is 2.56. The minimum absolute atomic E-state index is 0.111. The molecule has 0 aliphatic rings. The van der Waals surface area contributed by atoms with Crippen LogP contribution in [0, 0.1) is 5.82 Å². The first-order valence-corrected chi connectivity index (χ1v) is 6.91. The van der Waals surface area contributed by atoms with Gasteiger partial charge >= 0.3 is 0 Å². The second-order valence-corrected chi connectivity index (χ2v) is 4.85. The van der Waals surface area contributed by atoms with Crippen molar-refractivity contribution in [3.63, 3.8) is 0 Å². The van der Waals surface area contributed by atoms with E-state index in [1.807, 2.05) is 42.5 Å². The predicted octanol–water partition coefficient (Wildman–Crippen LogP) is 4.95. The summed E-state index contributed by atoms with van der Waals surface area (Å²) < 4.78 is 13.6. The van der Waals surface area contributed by atoms with Crippen LogP contribution in [0.5, 0.6) is 5.75 Å². The Morgan fingerprint density at radius 3 is 2.32 bits per heavy atom. The van der Waals surface area contributed by atoms with Gasteiger partial charge in [0.2, 0.25) is 0 Å². The quantitative estimate of drug-likeness (QED) is 0.680. The van der Waals surface area contributed by atoms with Crippen LogP contribution in [-0.4, -0.2) is 11.3 Å². The molecule has 0 bridgehead atoms. The summed E-state index contributed by atoms with van der Waals surface area (Å²) in [6.07, 6.45) is 1.47. The number of nitrogens with zero attached hydrogens (tertiary/aromatic N) is 1. The van der Waals surface area contributed by atoms with Crippen LogP contribution < -0.4 is 0 Å². The van der Waals surface area contributed by atoms with Crippen LogP contribution in [0.3, 0.4) is 0 Å². The Labute approximate surface area is 128 Å². The van der Waals surface area contributed by atoms with Crippen molar-refractivity contribution in [2.45, 2.75) is 0 Å². The lowest BCUT2D eigenvalue weighted by atomic mass is 10.0. The average molecular weight is 291 g/mol. The molecule has 3 rings (SSSR count). The van der Waals surface area contributed by atoms with E-state index in [2.05, 4.69) is 4.99 Å². The summed E-state index contributed by atoms with van der Waals surface area (Å²) in [4.78, 5) is 4.11. The molecule has 3 aromatic rings. The molecule has 0 aromatic heterocycles. The van der Waals surface area contributed by atoms with Gasteiger partial charge in [-0.15, -0.1) is 0 Å². The highest BCUT2D eigenvalue weighted by atomic mass is 19.1. The third-order valence-electron chi connectivity index (χ3n) is 3.33. The molecule has 0 fully saturated rings. The van der Waals surface area contributed by atoms with Crippen molar-refractivity contribution >= 4 is 11.9 Å². The van der Waals surface area contributed by atoms with Crippen LogP contribution in [-0.2, 0) is 0 Å². The largest absolute Gasteiger partial charge is 0.507 e. The fourth-order valence-electron chi connectivity index (χ4n) is 2.16. The summed E-state index contributed by atoms with van der Waals surface area (Å²) in [5.41, 5.74) is 2.80. The third kappa shape index (κ3) is 3.04. The SMILES string of the molecule is Oc1ccc(-c2ccccc2)cc1C=Nc1ccccc1F. The second kappa shape index (κ2) is 6.22. The zero-order valence-electron chi connectivity index (χ0n) is 11.8. The number of phenols is 1. The van der Waals surface area contributed by atoms with Gasteiger partial charge in [0.15, 0.2) is 0 Å². The summed E-state index contributed by atoms with van der Waals surface area (Å²) >= 11 is 0. The molecule has 0 saturated heterocycles. The molecule has 0 amide bonds. The van der Waals surface area contributed by atoms with Gasteiger partial charge in [0.1, 0.15) is 11.6 Å². The Balaban J connectivity index is 1.96. The van der Waals surface area contributed by atoms with Crippen molar-refractivity contribution in [2.75, 3.05) is 0 Å². The number of halogens is 1. The molecule has 0 atom stereocenters. The highest BCUT2D eigenvalue weighted by molar-refractivity contribution is 5.87. The maximum Gasteiger partial charge on any atom is 0.148 e. The van der Waals surface area contributed by atoms with E-state index in [9.17, 15) is 9.50 Å². The molecule has 0 spiro atoms. The first kappa shape index (κ1) is 14.0. The van der Waals surface area contributed by atoms with E-state index in [0.29, 0.717) is 5.56 Å². The molecule has 0 heterocycles. The molecule has 22 heavy (non-hydrogen) atoms. The standard InChI is InChI=1S/C19H14FNO/c20-17-8-4-5-9-18(17)21-13-16-12-15(10-11-19(16)22)14-6-2-1-3-7-14/h1-13,22H. The first-order valence-electron chi connectivity index (χ1n) is 6.91. The van der Waals surface area contributed by atoms with Crippen molar-refractivity contribution in [3.05, 3.63) is 84.2 Å². The van der Waals surface area contributed by atoms with Crippen molar-refractivity contribution in [3.8, 4) is 16.9 Å². The molecule has 0 aliphatic heterocycles. The molecule has 0 radical (unpaired) electrons. The normalized spacial score (nSPS) is 11.0. The Morgan fingerprint density at radius 1 is 0.818 bits per heavy atom. The summed E-state index contributed by atoms with van der Waals surface area (Å²) in [7, 11) is 0. The Kier molecular flexibility index (Phi) is 3.97. The van der Waals surface area contributed by atoms with Gasteiger partial charge in [-0.25, -0.2) is 4.39 Å². The maximum atomic E-state index is 13.6. The van der Waals surface area contributed by atoms with Gasteiger partial charge < -0.3 is 5.11 Å². The van der Waals surface area contributed by atoms with Crippen LogP contribution in [0.25, 0.3) is 11.1 Å². The fraction of sp³-hybridized carbons (Fsp3) is 0. The molecule has 3 aromatic carbocycles. The minimum Gasteiger partial charge on any atom is -0.507 e. The molecule has 0 unspecified atom stereocenters. The van der Waals surface area contributed by atoms with Crippen LogP contribution in [0.1, 0.15) is 5.56 Å². The predicted molar refractivity (Wildman–Crippen MR) is 87.2 cm³/mol. The fourth-order valence-corrected chi connectivity index (χ4v) is 2.16. The number of hydrogen-bond donors (Lipinski definition) is 1. The summed E-state index contributed by atoms with van der Waals surface area (Å²) in [6, 6.07) is 21.4. The lowest BCUT2D eigenvalue weighted by Gasteiger charge is -2.05. The van der Waals surface area contributed by atoms with Crippen molar-refractivity contribution in [2.24, 2.45) is 4.99 Å². The van der Waals surface area contributed by atoms with Crippen molar-refractivity contribution in [1.29, 1.82) is 0 Å². The lowest BCUT2D eigenvalue weighted by Crippen LogP contribution is -1.86. The number of phenolic OH excluding ortho intramolecular Hbond substituents is 1. The van der Waals surface area contributed by atoms with E-state index in [1.165, 1.54) is 12.3 Å². The minimum atomic E-state index is -0.391. The topological polar surface area (TPSA) is 32.6 Å². The number of para-hydroxylation sites is 1. The maximum absolute atomic E-state index is 13.6. The number of aromatic hydroxyl groups is 1. The zero-order chi connectivity index (χ0) is 15.4. The number of aliphatic imine (C=N–C) groups is 1. The summed E-state index contributed by atoms with van der Waals surface area (Å²) in [5, 5.41) is 9.94. The van der Waals surface area contributed by atoms with E-state index in [-0.39, 0.29) is 11.4 Å². The van der Waals surface area contributed by atoms with Crippen LogP contribution in [0.15, 0.2) is 77.8 Å². The van der Waals surface area contributed by atoms with E-state index in [4.69, 9.17) is 0 Å². The van der Waals surface area contributed by atoms with Crippen molar-refractivity contribution in [1.82, 2.24) is 0 Å². The van der Waals surface area contributed by atoms with Crippen LogP contribution in [0.4, 0.5) is 10.1 Å². The summed E-state index contributed by atoms with van der Waals surface area (Å²) in [5.74, 6) is -0.280. The first-order chi connectivity index (χ1) is 10.7. The Bertz CT molecular complexity index is 813.